The van der Waals surface area contributed by atoms with Crippen LogP contribution in [-0.4, -0.2) is 24.9 Å². The van der Waals surface area contributed by atoms with E-state index in [2.05, 4.69) is 10.1 Å². The van der Waals surface area contributed by atoms with Crippen molar-refractivity contribution in [1.29, 1.82) is 0 Å². The van der Waals surface area contributed by atoms with Crippen molar-refractivity contribution in [2.75, 3.05) is 13.7 Å². The van der Waals surface area contributed by atoms with Gasteiger partial charge < -0.3 is 15.2 Å². The molecule has 0 rings (SSSR count). The van der Waals surface area contributed by atoms with Gasteiger partial charge in [-0.2, -0.15) is 0 Å². The van der Waals surface area contributed by atoms with Crippen LogP contribution in [-0.2, 0) is 37.4 Å². The van der Waals surface area contributed by atoms with E-state index in [0.717, 1.165) is 6.61 Å². The first-order valence-electron chi connectivity index (χ1n) is 2.12. The molecule has 1 amide bonds. The molecule has 0 fully saturated rings. The summed E-state index contributed by atoms with van der Waals surface area (Å²) in [6.45, 7) is 0.742. The first kappa shape index (κ1) is 12.1. The minimum absolute atomic E-state index is 0. The second-order valence-corrected chi connectivity index (χ2v) is 1.00. The van der Waals surface area contributed by atoms with E-state index in [1.165, 1.54) is 7.05 Å². The fourth-order valence-electron chi connectivity index (χ4n) is 0.172. The van der Waals surface area contributed by atoms with Crippen molar-refractivity contribution < 1.29 is 47.3 Å². The number of amides is 1. The summed E-state index contributed by atoms with van der Waals surface area (Å²) in [4.78, 5) is 10.1. The van der Waals surface area contributed by atoms with Crippen LogP contribution in [0.25, 0.3) is 0 Å². The van der Waals surface area contributed by atoms with Crippen LogP contribution in [0.1, 0.15) is 0 Å². The molecule has 2 N–H and O–H groups in total. The molecule has 0 aliphatic rings. The van der Waals surface area contributed by atoms with Crippen molar-refractivity contribution in [1.82, 2.24) is 5.32 Å². The number of carbonyl (C=O) groups excluding carboxylic acids is 1. The number of aliphatic hydroxyl groups excluding tert-OH is 1. The van der Waals surface area contributed by atoms with Gasteiger partial charge in [0.15, 0.2) is 0 Å². The Balaban J connectivity index is 0. The van der Waals surface area contributed by atoms with E-state index < -0.39 is 6.09 Å². The maximum absolute atomic E-state index is 10.1. The summed E-state index contributed by atoms with van der Waals surface area (Å²) in [6.07, 6.45) is -0.570. The molecule has 51 valence electrons. The normalized spacial score (nSPS) is 7.33. The third kappa shape index (κ3) is 8.33. The number of nitrogens with one attached hydrogen (secondary N) is 1. The van der Waals surface area contributed by atoms with Crippen molar-refractivity contribution >= 4 is 6.09 Å². The molecule has 5 heteroatoms. The first-order valence-corrected chi connectivity index (χ1v) is 2.12. The topological polar surface area (TPSA) is 58.6 Å². The average molecular weight is 207 g/mol. The Bertz CT molecular complexity index is 78.2. The van der Waals surface area contributed by atoms with Crippen molar-refractivity contribution in [3.63, 3.8) is 0 Å². The molecule has 0 aromatic carbocycles. The van der Waals surface area contributed by atoms with Crippen LogP contribution in [0.3, 0.4) is 0 Å². The molecule has 0 saturated heterocycles. The van der Waals surface area contributed by atoms with Crippen molar-refractivity contribution in [2.24, 2.45) is 0 Å². The van der Waals surface area contributed by atoms with E-state index in [-0.39, 0.29) is 39.3 Å². The molecule has 0 aliphatic carbocycles. The second kappa shape index (κ2) is 8.33. The Hall–Kier alpha value is 0.334. The van der Waals surface area contributed by atoms with Crippen LogP contribution in [0.2, 0.25) is 0 Å². The number of carbonyl (C=O) groups is 1. The summed E-state index contributed by atoms with van der Waals surface area (Å²) in [6, 6.07) is 0. The van der Waals surface area contributed by atoms with E-state index in [0.29, 0.717) is 0 Å². The van der Waals surface area contributed by atoms with Crippen LogP contribution < -0.4 is 5.32 Å². The van der Waals surface area contributed by atoms with Crippen LogP contribution in [0.4, 0.5) is 4.79 Å². The molecule has 0 aliphatic heterocycles. The second-order valence-electron chi connectivity index (χ2n) is 1.00. The minimum Gasteiger partial charge on any atom is -0.619 e. The number of hydrogen-bond acceptors (Lipinski definition) is 3. The van der Waals surface area contributed by atoms with Gasteiger partial charge in [-0.05, 0) is 6.61 Å². The Morgan fingerprint density at radius 2 is 2.44 bits per heavy atom. The van der Waals surface area contributed by atoms with Crippen molar-refractivity contribution in [3.8, 4) is 0 Å². The third-order valence-corrected chi connectivity index (χ3v) is 0.469. The van der Waals surface area contributed by atoms with E-state index in [9.17, 15) is 4.79 Å². The number of ether oxygens (including phenoxy) is 1. The summed E-state index contributed by atoms with van der Waals surface area (Å²) in [5.74, 6) is 0. The molecule has 0 aromatic rings. The quantitative estimate of drug-likeness (QED) is 0.599. The molecule has 0 atom stereocenters. The summed E-state index contributed by atoms with van der Waals surface area (Å²) in [7, 11) is 1.44. The summed E-state index contributed by atoms with van der Waals surface area (Å²) < 4.78 is 4.22. The molecular formula is C4H8NO3Y-. The van der Waals surface area contributed by atoms with Crippen LogP contribution >= 0.6 is 0 Å². The van der Waals surface area contributed by atoms with Crippen molar-refractivity contribution in [2.45, 2.75) is 0 Å². The SMILES string of the molecule is CNC(=O)O[CH-]CO.[Y]. The Morgan fingerprint density at radius 3 is 2.78 bits per heavy atom. The minimum atomic E-state index is -0.570. The first-order chi connectivity index (χ1) is 3.81. The van der Waals surface area contributed by atoms with E-state index in [4.69, 9.17) is 5.11 Å². The maximum Gasteiger partial charge on any atom is 0.375 e. The number of aliphatic hydroxyl groups is 1. The Kier molecular flexibility index (Phi) is 11.2. The van der Waals surface area contributed by atoms with Gasteiger partial charge in [-0.15, -0.1) is 6.61 Å². The predicted octanol–water partition coefficient (Wildman–Crippen LogP) is -0.506. The van der Waals surface area contributed by atoms with Gasteiger partial charge in [0.05, 0.1) is 0 Å². The van der Waals surface area contributed by atoms with Gasteiger partial charge in [0.2, 0.25) is 0 Å². The molecule has 0 spiro atoms. The summed E-state index contributed by atoms with van der Waals surface area (Å²) in [5, 5.41) is 10.2. The molecule has 9 heavy (non-hydrogen) atoms. The number of alkyl carbamates (subject to hydrolysis) is 1. The molecule has 4 nitrogen and oxygen atoms in total. The van der Waals surface area contributed by atoms with Gasteiger partial charge >= 0.3 is 6.09 Å². The zero-order valence-corrected chi connectivity index (χ0v) is 7.96. The number of rotatable bonds is 2. The summed E-state index contributed by atoms with van der Waals surface area (Å²) >= 11 is 0. The molecule has 0 bridgehead atoms. The van der Waals surface area contributed by atoms with Gasteiger partial charge in [-0.3, -0.25) is 0 Å². The van der Waals surface area contributed by atoms with Crippen LogP contribution in [0.15, 0.2) is 0 Å². The van der Waals surface area contributed by atoms with Gasteiger partial charge in [-0.1, -0.05) is 0 Å². The third-order valence-electron chi connectivity index (χ3n) is 0.469. The van der Waals surface area contributed by atoms with Gasteiger partial charge in [0.1, 0.15) is 0 Å². The zero-order chi connectivity index (χ0) is 6.41. The van der Waals surface area contributed by atoms with E-state index in [1.807, 2.05) is 0 Å². The van der Waals surface area contributed by atoms with Crippen molar-refractivity contribution in [3.05, 3.63) is 6.61 Å². The molecular weight excluding hydrogens is 199 g/mol. The monoisotopic (exact) mass is 207 g/mol. The average Bonchev–Trinajstić information content (AvgIpc) is 1.83. The standard InChI is InChI=1S/C4H8NO3.Y/c1-5-4(7)8-3-2-6;/h3,6H,2H2,1H3,(H,5,7);/q-1;. The maximum atomic E-state index is 10.1. The fourth-order valence-corrected chi connectivity index (χ4v) is 0.172. The van der Waals surface area contributed by atoms with Gasteiger partial charge in [-0.25, -0.2) is 4.79 Å². The Morgan fingerprint density at radius 1 is 1.89 bits per heavy atom. The smallest absolute Gasteiger partial charge is 0.375 e. The zero-order valence-electron chi connectivity index (χ0n) is 5.13. The molecule has 0 unspecified atom stereocenters. The Labute approximate surface area is 78.8 Å². The predicted molar refractivity (Wildman–Crippen MR) is 26.9 cm³/mol. The molecule has 1 radical (unpaired) electrons. The number of hydrogen-bond donors (Lipinski definition) is 2. The molecule has 0 aromatic heterocycles. The van der Waals surface area contributed by atoms with Crippen LogP contribution in [0, 0.1) is 6.61 Å². The largest absolute Gasteiger partial charge is 0.619 e. The van der Waals surface area contributed by atoms with Gasteiger partial charge in [0.25, 0.3) is 0 Å². The van der Waals surface area contributed by atoms with E-state index in [1.54, 1.807) is 0 Å². The summed E-state index contributed by atoms with van der Waals surface area (Å²) in [5.41, 5.74) is 0. The fraction of sp³-hybridized carbons (Fsp3) is 0.500. The van der Waals surface area contributed by atoms with Crippen LogP contribution in [0.5, 0.6) is 0 Å². The van der Waals surface area contributed by atoms with Gasteiger partial charge in [0, 0.05) is 39.8 Å². The molecule has 0 saturated carbocycles. The molecule has 0 heterocycles. The van der Waals surface area contributed by atoms with E-state index >= 15 is 0 Å².